The van der Waals surface area contributed by atoms with Crippen molar-refractivity contribution in [1.29, 1.82) is 0 Å². The molecule has 4 saturated carbocycles. The highest BCUT2D eigenvalue weighted by atomic mass is 19.4. The van der Waals surface area contributed by atoms with Crippen molar-refractivity contribution in [3.8, 4) is 5.75 Å². The molecule has 1 N–H and O–H groups in total. The average Bonchev–Trinajstić information content (AvgIpc) is 2.65. The van der Waals surface area contributed by atoms with E-state index in [4.69, 9.17) is 9.47 Å². The molecule has 1 aromatic carbocycles. The summed E-state index contributed by atoms with van der Waals surface area (Å²) in [5.74, 6) is 0.636. The highest BCUT2D eigenvalue weighted by Crippen LogP contribution is 2.69. The van der Waals surface area contributed by atoms with Gasteiger partial charge in [-0.25, -0.2) is 0 Å². The number of nitrogens with one attached hydrogen (secondary N) is 1. The second-order valence-electron chi connectivity index (χ2n) is 10.4. The zero-order valence-electron chi connectivity index (χ0n) is 18.5. The van der Waals surface area contributed by atoms with Gasteiger partial charge in [0.15, 0.2) is 11.9 Å². The molecule has 2 bridgehead atoms. The number of fused-ring (bicyclic) bond motifs is 1. The molecule has 6 nitrogen and oxygen atoms in total. The molecule has 6 rings (SSSR count). The molecule has 4 aliphatic carbocycles. The summed E-state index contributed by atoms with van der Waals surface area (Å²) >= 11 is 0. The highest BCUT2D eigenvalue weighted by molar-refractivity contribution is 5.84. The summed E-state index contributed by atoms with van der Waals surface area (Å²) in [6, 6.07) is 5.99. The maximum Gasteiger partial charge on any atom is 0.522 e. The summed E-state index contributed by atoms with van der Waals surface area (Å²) in [5, 5.41) is 3.15. The maximum absolute atomic E-state index is 12.8. The number of carbonyl (C=O) groups is 2. The fraction of sp³-hybridized carbons (Fsp3) is 0.667. The van der Waals surface area contributed by atoms with Crippen LogP contribution in [0.4, 0.5) is 13.2 Å². The van der Waals surface area contributed by atoms with Crippen molar-refractivity contribution in [2.75, 3.05) is 6.61 Å². The number of ether oxygens (including phenoxy) is 3. The smallest absolute Gasteiger partial charge is 0.480 e. The fourth-order valence-corrected chi connectivity index (χ4v) is 5.98. The number of ketones is 1. The van der Waals surface area contributed by atoms with E-state index in [1.807, 2.05) is 19.1 Å². The number of amides is 1. The van der Waals surface area contributed by atoms with E-state index in [0.29, 0.717) is 12.8 Å². The van der Waals surface area contributed by atoms with E-state index < -0.39 is 18.6 Å². The van der Waals surface area contributed by atoms with E-state index in [9.17, 15) is 22.8 Å². The van der Waals surface area contributed by atoms with Crippen molar-refractivity contribution in [2.24, 2.45) is 5.41 Å². The van der Waals surface area contributed by atoms with Crippen LogP contribution < -0.4 is 10.1 Å². The third kappa shape index (κ3) is 4.75. The number of hydrogen-bond donors (Lipinski definition) is 1. The quantitative estimate of drug-likeness (QED) is 0.630. The van der Waals surface area contributed by atoms with E-state index in [0.717, 1.165) is 37.0 Å². The molecule has 1 aliphatic heterocycles. The Kier molecular flexibility index (Phi) is 5.47. The lowest BCUT2D eigenvalue weighted by molar-refractivity contribution is -0.357. The van der Waals surface area contributed by atoms with Crippen LogP contribution in [0, 0.1) is 12.3 Å². The van der Waals surface area contributed by atoms with Gasteiger partial charge < -0.3 is 14.8 Å². The van der Waals surface area contributed by atoms with Crippen molar-refractivity contribution < 1.29 is 37.0 Å². The molecule has 1 aromatic rings. The lowest BCUT2D eigenvalue weighted by Crippen LogP contribution is -2.75. The van der Waals surface area contributed by atoms with E-state index >= 15 is 0 Å². The van der Waals surface area contributed by atoms with Crippen LogP contribution in [0.5, 0.6) is 5.75 Å². The number of alkyl halides is 3. The molecule has 33 heavy (non-hydrogen) atoms. The molecule has 1 atom stereocenters. The molecule has 1 heterocycles. The number of hydrogen-bond acceptors (Lipinski definition) is 5. The van der Waals surface area contributed by atoms with E-state index in [-0.39, 0.29) is 48.2 Å². The summed E-state index contributed by atoms with van der Waals surface area (Å²) in [5.41, 5.74) is 2.00. The Labute approximate surface area is 190 Å². The molecule has 4 fully saturated rings. The van der Waals surface area contributed by atoms with Gasteiger partial charge in [0.25, 0.3) is 5.91 Å². The number of benzene rings is 1. The number of carbonyl (C=O) groups excluding carboxylic acids is 2. The summed E-state index contributed by atoms with van der Waals surface area (Å²) in [7, 11) is 0. The highest BCUT2D eigenvalue weighted by Gasteiger charge is 2.68. The first kappa shape index (κ1) is 22.7. The molecule has 5 aliphatic rings. The van der Waals surface area contributed by atoms with Crippen LogP contribution in [0.1, 0.15) is 56.1 Å². The zero-order valence-corrected chi connectivity index (χ0v) is 18.5. The molecule has 1 amide bonds. The van der Waals surface area contributed by atoms with E-state index in [1.165, 1.54) is 5.56 Å². The number of Topliss-reactive ketones (excluding diaryl/α,β-unsaturated/α-hetero) is 1. The molecule has 9 heteroatoms. The van der Waals surface area contributed by atoms with Crippen LogP contribution in [0.2, 0.25) is 0 Å². The minimum Gasteiger partial charge on any atom is -0.480 e. The first-order valence-electron chi connectivity index (χ1n) is 11.5. The van der Waals surface area contributed by atoms with Gasteiger partial charge >= 0.3 is 6.36 Å². The third-order valence-electron chi connectivity index (χ3n) is 7.39. The van der Waals surface area contributed by atoms with Gasteiger partial charge in [-0.3, -0.25) is 14.3 Å². The molecule has 0 aromatic heterocycles. The van der Waals surface area contributed by atoms with Crippen molar-refractivity contribution in [1.82, 2.24) is 5.32 Å². The monoisotopic (exact) mass is 467 g/mol. The van der Waals surface area contributed by atoms with Crippen LogP contribution in [-0.2, 0) is 25.5 Å². The zero-order chi connectivity index (χ0) is 23.4. The third-order valence-corrected chi connectivity index (χ3v) is 7.39. The van der Waals surface area contributed by atoms with Gasteiger partial charge in [0.05, 0.1) is 12.2 Å². The topological polar surface area (TPSA) is 73.9 Å². The lowest BCUT2D eigenvalue weighted by atomic mass is 9.38. The Morgan fingerprint density at radius 2 is 1.91 bits per heavy atom. The van der Waals surface area contributed by atoms with Crippen LogP contribution in [0.3, 0.4) is 0 Å². The van der Waals surface area contributed by atoms with Gasteiger partial charge in [-0.15, -0.1) is 13.2 Å². The lowest BCUT2D eigenvalue weighted by Gasteiger charge is -2.70. The Balaban J connectivity index is 1.01. The Morgan fingerprint density at radius 1 is 1.18 bits per heavy atom. The van der Waals surface area contributed by atoms with Crippen LogP contribution in [0.15, 0.2) is 18.2 Å². The van der Waals surface area contributed by atoms with Crippen LogP contribution in [-0.4, -0.2) is 48.5 Å². The minimum atomic E-state index is -4.63. The SMILES string of the molecule is Cc1ccc2c(c1)CC[C@H](C(=O)NC13CC(CC(=O)COC4CC(OC(F)(F)F)C4)(C1)C3)O2. The van der Waals surface area contributed by atoms with Gasteiger partial charge in [0.1, 0.15) is 12.4 Å². The number of aryl methyl sites for hydroxylation is 2. The predicted octanol–water partition coefficient (Wildman–Crippen LogP) is 3.77. The molecule has 0 unspecified atom stereocenters. The van der Waals surface area contributed by atoms with E-state index in [2.05, 4.69) is 16.1 Å². The van der Waals surface area contributed by atoms with Crippen molar-refractivity contribution in [3.05, 3.63) is 29.3 Å². The largest absolute Gasteiger partial charge is 0.522 e. The maximum atomic E-state index is 12.8. The standard InChI is InChI=1S/C24H28F3NO5/c1-14-2-4-19-15(6-14)3-5-20(32-19)21(30)28-23-11-22(12-23,13-23)9-16(29)10-31-17-7-18(8-17)33-24(25,26)27/h2,4,6,17-18,20H,3,5,7-13H2,1H3,(H,28,30)/t17?,18?,20-,22?,23?/m1/s1. The van der Waals surface area contributed by atoms with Gasteiger partial charge in [0.2, 0.25) is 0 Å². The first-order valence-corrected chi connectivity index (χ1v) is 11.5. The normalized spacial score (nSPS) is 34.1. The van der Waals surface area contributed by atoms with Crippen molar-refractivity contribution >= 4 is 11.7 Å². The van der Waals surface area contributed by atoms with Crippen molar-refractivity contribution in [2.45, 2.75) is 88.5 Å². The minimum absolute atomic E-state index is 0.0441. The van der Waals surface area contributed by atoms with Gasteiger partial charge in [-0.1, -0.05) is 17.7 Å². The van der Waals surface area contributed by atoms with Gasteiger partial charge in [0, 0.05) is 24.8 Å². The average molecular weight is 467 g/mol. The van der Waals surface area contributed by atoms with Gasteiger partial charge in [-0.2, -0.15) is 0 Å². The Morgan fingerprint density at radius 3 is 2.61 bits per heavy atom. The summed E-state index contributed by atoms with van der Waals surface area (Å²) in [4.78, 5) is 25.1. The molecule has 180 valence electrons. The van der Waals surface area contributed by atoms with Crippen LogP contribution in [0.25, 0.3) is 0 Å². The summed E-state index contributed by atoms with van der Waals surface area (Å²) in [6.45, 7) is 1.95. The number of rotatable bonds is 8. The molecule has 0 spiro atoms. The number of halogens is 3. The summed E-state index contributed by atoms with van der Waals surface area (Å²) < 4.78 is 51.7. The molecule has 0 saturated heterocycles. The first-order chi connectivity index (χ1) is 15.5. The van der Waals surface area contributed by atoms with E-state index in [1.54, 1.807) is 0 Å². The van der Waals surface area contributed by atoms with Crippen LogP contribution >= 0.6 is 0 Å². The molecular weight excluding hydrogens is 439 g/mol. The fourth-order valence-electron chi connectivity index (χ4n) is 5.98. The molecular formula is C24H28F3NO5. The second kappa shape index (κ2) is 7.98. The second-order valence-corrected chi connectivity index (χ2v) is 10.4. The molecule has 0 radical (unpaired) electrons. The van der Waals surface area contributed by atoms with Crippen molar-refractivity contribution in [3.63, 3.8) is 0 Å². The Bertz CT molecular complexity index is 936. The predicted molar refractivity (Wildman–Crippen MR) is 111 cm³/mol. The van der Waals surface area contributed by atoms with Gasteiger partial charge in [-0.05, 0) is 56.1 Å². The summed E-state index contributed by atoms with van der Waals surface area (Å²) in [6.07, 6.45) is -1.91. The Hall–Kier alpha value is -2.13.